The highest BCUT2D eigenvalue weighted by Crippen LogP contribution is 2.31. The lowest BCUT2D eigenvalue weighted by molar-refractivity contribution is 0.814. The molecular weight excluding hydrogens is 250 g/mol. The summed E-state index contributed by atoms with van der Waals surface area (Å²) in [6, 6.07) is 2.23. The van der Waals surface area contributed by atoms with Crippen molar-refractivity contribution in [2.75, 3.05) is 12.3 Å². The Labute approximate surface area is 110 Å². The maximum atomic E-state index is 5.49. The van der Waals surface area contributed by atoms with E-state index < -0.39 is 0 Å². The third-order valence-corrected chi connectivity index (χ3v) is 4.81. The summed E-state index contributed by atoms with van der Waals surface area (Å²) in [5, 5.41) is 2.33. The van der Waals surface area contributed by atoms with Crippen molar-refractivity contribution in [1.82, 2.24) is 9.97 Å². The summed E-state index contributed by atoms with van der Waals surface area (Å²) >= 11 is 3.58. The van der Waals surface area contributed by atoms with Gasteiger partial charge < -0.3 is 5.73 Å². The number of nitrogens with two attached hydrogens (primary N) is 1. The molecule has 5 heteroatoms. The van der Waals surface area contributed by atoms with E-state index in [0.717, 1.165) is 41.4 Å². The molecule has 3 nitrogen and oxygen atoms in total. The van der Waals surface area contributed by atoms with Crippen LogP contribution in [-0.2, 0) is 6.42 Å². The van der Waals surface area contributed by atoms with Crippen LogP contribution < -0.4 is 5.73 Å². The predicted molar refractivity (Wildman–Crippen MR) is 75.8 cm³/mol. The zero-order valence-corrected chi connectivity index (χ0v) is 11.6. The zero-order valence-electron chi connectivity index (χ0n) is 9.98. The van der Waals surface area contributed by atoms with Gasteiger partial charge in [0, 0.05) is 10.3 Å². The molecule has 0 atom stereocenters. The van der Waals surface area contributed by atoms with Crippen LogP contribution in [0.5, 0.6) is 0 Å². The Balaban J connectivity index is 2.13. The highest BCUT2D eigenvalue weighted by molar-refractivity contribution is 7.99. The fraction of sp³-hybridized carbons (Fsp3) is 0.500. The molecule has 0 saturated carbocycles. The van der Waals surface area contributed by atoms with Crippen molar-refractivity contribution in [3.8, 4) is 0 Å². The van der Waals surface area contributed by atoms with Crippen LogP contribution in [0.3, 0.4) is 0 Å². The third kappa shape index (κ3) is 3.18. The van der Waals surface area contributed by atoms with E-state index in [4.69, 9.17) is 5.73 Å². The van der Waals surface area contributed by atoms with Crippen molar-refractivity contribution in [2.24, 2.45) is 5.73 Å². The molecule has 0 aliphatic carbocycles. The fourth-order valence-electron chi connectivity index (χ4n) is 1.59. The quantitative estimate of drug-likeness (QED) is 0.496. The van der Waals surface area contributed by atoms with Crippen LogP contribution in [0.25, 0.3) is 10.2 Å². The largest absolute Gasteiger partial charge is 0.330 e. The SMILES string of the molecule is CCc1cc2c(SCCCCN)ncnc2s1. The maximum absolute atomic E-state index is 5.49. The van der Waals surface area contributed by atoms with E-state index in [1.807, 2.05) is 11.8 Å². The van der Waals surface area contributed by atoms with E-state index in [1.165, 1.54) is 10.3 Å². The molecule has 0 spiro atoms. The molecule has 0 aliphatic heterocycles. The van der Waals surface area contributed by atoms with Crippen LogP contribution in [0.1, 0.15) is 24.6 Å². The first kappa shape index (κ1) is 12.8. The van der Waals surface area contributed by atoms with Crippen molar-refractivity contribution in [3.63, 3.8) is 0 Å². The van der Waals surface area contributed by atoms with Gasteiger partial charge in [-0.2, -0.15) is 0 Å². The second kappa shape index (κ2) is 6.33. The van der Waals surface area contributed by atoms with Gasteiger partial charge in [0.25, 0.3) is 0 Å². The van der Waals surface area contributed by atoms with Crippen LogP contribution in [0.15, 0.2) is 17.4 Å². The summed E-state index contributed by atoms with van der Waals surface area (Å²) in [6.07, 6.45) is 4.98. The molecule has 2 rings (SSSR count). The van der Waals surface area contributed by atoms with E-state index in [1.54, 1.807) is 17.7 Å². The van der Waals surface area contributed by atoms with Crippen LogP contribution in [0.4, 0.5) is 0 Å². The molecule has 0 unspecified atom stereocenters. The van der Waals surface area contributed by atoms with Crippen LogP contribution in [0.2, 0.25) is 0 Å². The summed E-state index contributed by atoms with van der Waals surface area (Å²) in [5.74, 6) is 1.08. The topological polar surface area (TPSA) is 51.8 Å². The average Bonchev–Trinajstić information content (AvgIpc) is 2.78. The number of hydrogen-bond acceptors (Lipinski definition) is 5. The lowest BCUT2D eigenvalue weighted by atomic mass is 10.3. The van der Waals surface area contributed by atoms with Crippen LogP contribution >= 0.6 is 23.1 Å². The molecule has 2 aromatic rings. The summed E-state index contributed by atoms with van der Waals surface area (Å²) in [5.41, 5.74) is 5.49. The van der Waals surface area contributed by atoms with Crippen molar-refractivity contribution >= 4 is 33.3 Å². The number of rotatable bonds is 6. The number of aryl methyl sites for hydroxylation is 1. The van der Waals surface area contributed by atoms with Gasteiger partial charge >= 0.3 is 0 Å². The minimum absolute atomic E-state index is 0.776. The molecule has 2 N–H and O–H groups in total. The summed E-state index contributed by atoms with van der Waals surface area (Å²) < 4.78 is 0. The minimum Gasteiger partial charge on any atom is -0.330 e. The molecule has 0 bridgehead atoms. The Hall–Kier alpha value is -0.650. The standard InChI is InChI=1S/C12H17N3S2/c1-2-9-7-10-11(16-6-4-3-5-13)14-8-15-12(10)17-9/h7-8H,2-6,13H2,1H3. The normalized spacial score (nSPS) is 11.2. The second-order valence-corrected chi connectivity index (χ2v) is 6.01. The van der Waals surface area contributed by atoms with Gasteiger partial charge in [-0.15, -0.1) is 23.1 Å². The number of hydrogen-bond donors (Lipinski definition) is 1. The van der Waals surface area contributed by atoms with E-state index in [2.05, 4.69) is 23.0 Å². The Morgan fingerprint density at radius 3 is 3.00 bits per heavy atom. The molecule has 17 heavy (non-hydrogen) atoms. The molecular formula is C12H17N3S2. The van der Waals surface area contributed by atoms with Gasteiger partial charge in [-0.25, -0.2) is 9.97 Å². The van der Waals surface area contributed by atoms with Crippen LogP contribution in [-0.4, -0.2) is 22.3 Å². The maximum Gasteiger partial charge on any atom is 0.128 e. The molecule has 0 fully saturated rings. The smallest absolute Gasteiger partial charge is 0.128 e. The van der Waals surface area contributed by atoms with E-state index in [-0.39, 0.29) is 0 Å². The number of aromatic nitrogens is 2. The summed E-state index contributed by atoms with van der Waals surface area (Å²) in [6.45, 7) is 2.95. The molecule has 0 aromatic carbocycles. The van der Waals surface area contributed by atoms with Crippen LogP contribution in [0, 0.1) is 0 Å². The molecule has 2 aromatic heterocycles. The van der Waals surface area contributed by atoms with Gasteiger partial charge in [-0.1, -0.05) is 6.92 Å². The van der Waals surface area contributed by atoms with Gasteiger partial charge in [0.15, 0.2) is 0 Å². The van der Waals surface area contributed by atoms with Crippen molar-refractivity contribution in [3.05, 3.63) is 17.3 Å². The van der Waals surface area contributed by atoms with E-state index >= 15 is 0 Å². The lowest BCUT2D eigenvalue weighted by Crippen LogP contribution is -1.98. The highest BCUT2D eigenvalue weighted by Gasteiger charge is 2.07. The first-order valence-corrected chi connectivity index (χ1v) is 7.71. The number of nitrogens with zero attached hydrogens (tertiary/aromatic N) is 2. The highest BCUT2D eigenvalue weighted by atomic mass is 32.2. The van der Waals surface area contributed by atoms with Crippen molar-refractivity contribution < 1.29 is 0 Å². The molecule has 0 saturated heterocycles. The van der Waals surface area contributed by atoms with Gasteiger partial charge in [0.1, 0.15) is 16.2 Å². The Morgan fingerprint density at radius 1 is 1.35 bits per heavy atom. The Morgan fingerprint density at radius 2 is 2.24 bits per heavy atom. The zero-order chi connectivity index (χ0) is 12.1. The molecule has 2 heterocycles. The second-order valence-electron chi connectivity index (χ2n) is 3.81. The third-order valence-electron chi connectivity index (χ3n) is 2.53. The first-order chi connectivity index (χ1) is 8.35. The van der Waals surface area contributed by atoms with Gasteiger partial charge in [-0.3, -0.25) is 0 Å². The first-order valence-electron chi connectivity index (χ1n) is 5.91. The summed E-state index contributed by atoms with van der Waals surface area (Å²) in [7, 11) is 0. The molecule has 0 radical (unpaired) electrons. The monoisotopic (exact) mass is 267 g/mol. The summed E-state index contributed by atoms with van der Waals surface area (Å²) in [4.78, 5) is 11.2. The number of fused-ring (bicyclic) bond motifs is 1. The Kier molecular flexibility index (Phi) is 4.76. The fourth-order valence-corrected chi connectivity index (χ4v) is 3.56. The van der Waals surface area contributed by atoms with E-state index in [0.29, 0.717) is 0 Å². The van der Waals surface area contributed by atoms with Crippen molar-refractivity contribution in [1.29, 1.82) is 0 Å². The van der Waals surface area contributed by atoms with Gasteiger partial charge in [0.05, 0.1) is 0 Å². The predicted octanol–water partition coefficient (Wildman–Crippen LogP) is 3.08. The number of unbranched alkanes of at least 4 members (excludes halogenated alkanes) is 1. The lowest BCUT2D eigenvalue weighted by Gasteiger charge is -2.00. The molecule has 92 valence electrons. The number of thiophene rings is 1. The number of thioether (sulfide) groups is 1. The average molecular weight is 267 g/mol. The van der Waals surface area contributed by atoms with Gasteiger partial charge in [0.2, 0.25) is 0 Å². The molecule has 0 amide bonds. The van der Waals surface area contributed by atoms with Crippen molar-refractivity contribution in [2.45, 2.75) is 31.2 Å². The Bertz CT molecular complexity index is 482. The van der Waals surface area contributed by atoms with E-state index in [9.17, 15) is 0 Å². The molecule has 0 aliphatic rings. The minimum atomic E-state index is 0.776. The van der Waals surface area contributed by atoms with Gasteiger partial charge in [-0.05, 0) is 37.6 Å².